The minimum absolute atomic E-state index is 0.197. The maximum atomic E-state index is 12.3. The Labute approximate surface area is 160 Å². The number of anilines is 3. The van der Waals surface area contributed by atoms with E-state index in [4.69, 9.17) is 21.1 Å². The van der Waals surface area contributed by atoms with Gasteiger partial charge in [-0.3, -0.25) is 4.79 Å². The lowest BCUT2D eigenvalue weighted by atomic mass is 10.2. The molecular formula is C19H15ClN4O3. The number of carbonyl (C=O) groups excluding carboxylic acids is 1. The summed E-state index contributed by atoms with van der Waals surface area (Å²) in [6, 6.07) is 14.0. The molecule has 1 aromatic heterocycles. The van der Waals surface area contributed by atoms with E-state index in [0.29, 0.717) is 28.0 Å². The molecule has 2 aromatic carbocycles. The standard InChI is InChI=1S/C19H15ClN4O3/c1-11-2-3-12(8-14(11)20)22-19(25)15-5-7-18(24-23-15)21-13-4-6-16-17(9-13)27-10-26-16/h2-9H,10H2,1H3,(H,21,24)(H,22,25). The Morgan fingerprint density at radius 1 is 1.00 bits per heavy atom. The normalized spacial score (nSPS) is 11.9. The van der Waals surface area contributed by atoms with Gasteiger partial charge in [-0.25, -0.2) is 0 Å². The van der Waals surface area contributed by atoms with Crippen molar-refractivity contribution >= 4 is 34.7 Å². The van der Waals surface area contributed by atoms with Crippen LogP contribution in [0.1, 0.15) is 16.1 Å². The maximum Gasteiger partial charge on any atom is 0.276 e. The summed E-state index contributed by atoms with van der Waals surface area (Å²) in [5.41, 5.74) is 2.51. The third-order valence-corrected chi connectivity index (χ3v) is 4.38. The van der Waals surface area contributed by atoms with Gasteiger partial charge in [0.1, 0.15) is 0 Å². The molecular weight excluding hydrogens is 368 g/mol. The molecule has 0 atom stereocenters. The highest BCUT2D eigenvalue weighted by Crippen LogP contribution is 2.34. The van der Waals surface area contributed by atoms with E-state index in [-0.39, 0.29) is 18.4 Å². The molecule has 3 aromatic rings. The number of benzene rings is 2. The quantitative estimate of drug-likeness (QED) is 0.704. The van der Waals surface area contributed by atoms with Gasteiger partial charge in [-0.1, -0.05) is 17.7 Å². The van der Waals surface area contributed by atoms with Gasteiger partial charge in [0.05, 0.1) is 0 Å². The Bertz CT molecular complexity index is 1010. The topological polar surface area (TPSA) is 85.4 Å². The largest absolute Gasteiger partial charge is 0.454 e. The first-order valence-electron chi connectivity index (χ1n) is 8.16. The molecule has 4 rings (SSSR count). The molecule has 0 aliphatic carbocycles. The summed E-state index contributed by atoms with van der Waals surface area (Å²) in [5.74, 6) is 1.51. The number of nitrogens with one attached hydrogen (secondary N) is 2. The molecule has 0 saturated heterocycles. The minimum atomic E-state index is -0.364. The molecule has 7 nitrogen and oxygen atoms in total. The van der Waals surface area contributed by atoms with Gasteiger partial charge in [0.25, 0.3) is 5.91 Å². The van der Waals surface area contributed by atoms with Gasteiger partial charge in [-0.05, 0) is 48.9 Å². The van der Waals surface area contributed by atoms with E-state index in [0.717, 1.165) is 11.3 Å². The Kier molecular flexibility index (Phi) is 4.52. The summed E-state index contributed by atoms with van der Waals surface area (Å²) in [6.45, 7) is 2.11. The van der Waals surface area contributed by atoms with E-state index >= 15 is 0 Å². The van der Waals surface area contributed by atoms with Crippen molar-refractivity contribution in [1.29, 1.82) is 0 Å². The number of hydrogen-bond acceptors (Lipinski definition) is 6. The lowest BCUT2D eigenvalue weighted by Gasteiger charge is -2.08. The summed E-state index contributed by atoms with van der Waals surface area (Å²) >= 11 is 6.07. The van der Waals surface area contributed by atoms with E-state index in [1.54, 1.807) is 24.3 Å². The van der Waals surface area contributed by atoms with Crippen LogP contribution in [0.5, 0.6) is 11.5 Å². The van der Waals surface area contributed by atoms with Crippen LogP contribution in [0, 0.1) is 6.92 Å². The van der Waals surface area contributed by atoms with E-state index in [2.05, 4.69) is 20.8 Å². The fourth-order valence-corrected chi connectivity index (χ4v) is 2.69. The van der Waals surface area contributed by atoms with Crippen LogP contribution >= 0.6 is 11.6 Å². The molecule has 0 radical (unpaired) electrons. The van der Waals surface area contributed by atoms with Crippen molar-refractivity contribution in [3.63, 3.8) is 0 Å². The first-order chi connectivity index (χ1) is 13.1. The molecule has 0 unspecified atom stereocenters. The molecule has 2 heterocycles. The fourth-order valence-electron chi connectivity index (χ4n) is 2.51. The van der Waals surface area contributed by atoms with Crippen LogP contribution in [-0.2, 0) is 0 Å². The molecule has 0 bridgehead atoms. The molecule has 0 fully saturated rings. The van der Waals surface area contributed by atoms with E-state index < -0.39 is 0 Å². The molecule has 136 valence electrons. The van der Waals surface area contributed by atoms with Crippen LogP contribution in [0.3, 0.4) is 0 Å². The van der Waals surface area contributed by atoms with Gasteiger partial charge >= 0.3 is 0 Å². The average molecular weight is 383 g/mol. The van der Waals surface area contributed by atoms with Gasteiger partial charge in [0.2, 0.25) is 6.79 Å². The van der Waals surface area contributed by atoms with Gasteiger partial charge in [0, 0.05) is 22.5 Å². The zero-order valence-corrected chi connectivity index (χ0v) is 15.1. The molecule has 27 heavy (non-hydrogen) atoms. The van der Waals surface area contributed by atoms with Crippen LogP contribution in [0.15, 0.2) is 48.5 Å². The number of hydrogen-bond donors (Lipinski definition) is 2. The zero-order valence-electron chi connectivity index (χ0n) is 14.3. The summed E-state index contributed by atoms with van der Waals surface area (Å²) in [4.78, 5) is 12.3. The number of amides is 1. The molecule has 2 N–H and O–H groups in total. The Balaban J connectivity index is 1.43. The third-order valence-electron chi connectivity index (χ3n) is 3.97. The first kappa shape index (κ1) is 17.1. The van der Waals surface area contributed by atoms with Gasteiger partial charge in [-0.2, -0.15) is 0 Å². The number of fused-ring (bicyclic) bond motifs is 1. The number of nitrogens with zero attached hydrogens (tertiary/aromatic N) is 2. The third kappa shape index (κ3) is 3.78. The van der Waals surface area contributed by atoms with Crippen molar-refractivity contribution in [2.24, 2.45) is 0 Å². The van der Waals surface area contributed by atoms with E-state index in [1.807, 2.05) is 31.2 Å². The Morgan fingerprint density at radius 2 is 1.81 bits per heavy atom. The second-order valence-corrected chi connectivity index (χ2v) is 6.32. The summed E-state index contributed by atoms with van der Waals surface area (Å²) in [6.07, 6.45) is 0. The molecule has 1 aliphatic heterocycles. The highest BCUT2D eigenvalue weighted by Gasteiger charge is 2.14. The second-order valence-electron chi connectivity index (χ2n) is 5.91. The smallest absolute Gasteiger partial charge is 0.276 e. The van der Waals surface area contributed by atoms with Crippen molar-refractivity contribution in [3.8, 4) is 11.5 Å². The number of halogens is 1. The van der Waals surface area contributed by atoms with Crippen LogP contribution in [0.25, 0.3) is 0 Å². The van der Waals surface area contributed by atoms with Crippen molar-refractivity contribution in [1.82, 2.24) is 10.2 Å². The SMILES string of the molecule is Cc1ccc(NC(=O)c2ccc(Nc3ccc4c(c3)OCO4)nn2)cc1Cl. The average Bonchev–Trinajstić information content (AvgIpc) is 3.13. The molecule has 0 spiro atoms. The monoisotopic (exact) mass is 382 g/mol. The lowest BCUT2D eigenvalue weighted by Crippen LogP contribution is -2.14. The minimum Gasteiger partial charge on any atom is -0.454 e. The molecule has 8 heteroatoms. The predicted molar refractivity (Wildman–Crippen MR) is 102 cm³/mol. The van der Waals surface area contributed by atoms with Crippen molar-refractivity contribution in [2.75, 3.05) is 17.4 Å². The lowest BCUT2D eigenvalue weighted by molar-refractivity contribution is 0.102. The number of aromatic nitrogens is 2. The van der Waals surface area contributed by atoms with Gasteiger partial charge in [0.15, 0.2) is 23.0 Å². The predicted octanol–water partition coefficient (Wildman–Crippen LogP) is 4.16. The van der Waals surface area contributed by atoms with Crippen LogP contribution in [0.2, 0.25) is 5.02 Å². The zero-order chi connectivity index (χ0) is 18.8. The number of aryl methyl sites for hydroxylation is 1. The number of rotatable bonds is 4. The van der Waals surface area contributed by atoms with E-state index in [1.165, 1.54) is 0 Å². The molecule has 1 aliphatic rings. The maximum absolute atomic E-state index is 12.3. The van der Waals surface area contributed by atoms with Gasteiger partial charge < -0.3 is 20.1 Å². The van der Waals surface area contributed by atoms with E-state index in [9.17, 15) is 4.79 Å². The molecule has 0 saturated carbocycles. The molecule has 1 amide bonds. The van der Waals surface area contributed by atoms with Crippen LogP contribution in [-0.4, -0.2) is 22.9 Å². The Hall–Kier alpha value is -3.32. The van der Waals surface area contributed by atoms with Crippen molar-refractivity contribution < 1.29 is 14.3 Å². The van der Waals surface area contributed by atoms with Crippen molar-refractivity contribution in [2.45, 2.75) is 6.92 Å². The highest BCUT2D eigenvalue weighted by atomic mass is 35.5. The van der Waals surface area contributed by atoms with Crippen molar-refractivity contribution in [3.05, 3.63) is 64.8 Å². The summed E-state index contributed by atoms with van der Waals surface area (Å²) in [7, 11) is 0. The number of carbonyl (C=O) groups is 1. The summed E-state index contributed by atoms with van der Waals surface area (Å²) in [5, 5.41) is 14.4. The second kappa shape index (κ2) is 7.13. The Morgan fingerprint density at radius 3 is 2.59 bits per heavy atom. The van der Waals surface area contributed by atoms with Crippen LogP contribution in [0.4, 0.5) is 17.2 Å². The van der Waals surface area contributed by atoms with Crippen LogP contribution < -0.4 is 20.1 Å². The first-order valence-corrected chi connectivity index (χ1v) is 8.54. The summed E-state index contributed by atoms with van der Waals surface area (Å²) < 4.78 is 10.6. The number of ether oxygens (including phenoxy) is 2. The van der Waals surface area contributed by atoms with Gasteiger partial charge in [-0.15, -0.1) is 10.2 Å². The fraction of sp³-hybridized carbons (Fsp3) is 0.105. The highest BCUT2D eigenvalue weighted by molar-refractivity contribution is 6.31.